The van der Waals surface area contributed by atoms with Crippen LogP contribution >= 0.6 is 11.6 Å². The Kier molecular flexibility index (Phi) is 6.63. The average molecular weight is 381 g/mol. The molecule has 140 valence electrons. The maximum absolute atomic E-state index is 14.5. The Morgan fingerprint density at radius 3 is 2.42 bits per heavy atom. The third-order valence-electron chi connectivity index (χ3n) is 4.67. The average Bonchev–Trinajstić information content (AvgIpc) is 2.64. The first-order chi connectivity index (χ1) is 12.6. The van der Waals surface area contributed by atoms with Crippen LogP contribution in [0.15, 0.2) is 36.4 Å². The summed E-state index contributed by atoms with van der Waals surface area (Å²) in [4.78, 5) is 0. The molecule has 2 aromatic carbocycles. The van der Waals surface area contributed by atoms with E-state index < -0.39 is 5.82 Å². The zero-order valence-electron chi connectivity index (χ0n) is 14.8. The second kappa shape index (κ2) is 8.94. The molecule has 0 unspecified atom stereocenters. The summed E-state index contributed by atoms with van der Waals surface area (Å²) in [5.74, 6) is -0.453. The minimum Gasteiger partial charge on any atom is -0.352 e. The molecule has 0 amide bonds. The number of ether oxygens (including phenoxy) is 2. The van der Waals surface area contributed by atoms with Crippen molar-refractivity contribution < 1.29 is 18.3 Å². The fraction of sp³-hybridized carbons (Fsp3) is 0.429. The van der Waals surface area contributed by atoms with Crippen LogP contribution < -0.4 is 0 Å². The standard InChI is InChI=1S/C21H23ClF2O2/c1-2-3-15-12-25-21(26-13-15)9-5-14-4-7-17(19(23)10-14)16-6-8-18(22)20(24)11-16/h4,6-8,10-11,15,21H,2-3,5,9,12-13H2,1H3. The molecule has 1 aliphatic rings. The summed E-state index contributed by atoms with van der Waals surface area (Å²) in [5.41, 5.74) is 1.69. The van der Waals surface area contributed by atoms with Crippen LogP contribution in [0.5, 0.6) is 0 Å². The van der Waals surface area contributed by atoms with E-state index in [2.05, 4.69) is 6.92 Å². The smallest absolute Gasteiger partial charge is 0.157 e. The van der Waals surface area contributed by atoms with Crippen molar-refractivity contribution in [3.05, 3.63) is 58.6 Å². The molecule has 0 bridgehead atoms. The Balaban J connectivity index is 1.59. The van der Waals surface area contributed by atoms with E-state index >= 15 is 0 Å². The summed E-state index contributed by atoms with van der Waals surface area (Å²) in [6.07, 6.45) is 3.37. The van der Waals surface area contributed by atoms with Gasteiger partial charge in [0.25, 0.3) is 0 Å². The van der Waals surface area contributed by atoms with Crippen LogP contribution in [0.1, 0.15) is 31.7 Å². The number of hydrogen-bond acceptors (Lipinski definition) is 2. The van der Waals surface area contributed by atoms with Gasteiger partial charge in [0.2, 0.25) is 0 Å². The number of halogens is 3. The van der Waals surface area contributed by atoms with Crippen molar-refractivity contribution in [2.75, 3.05) is 13.2 Å². The predicted molar refractivity (Wildman–Crippen MR) is 99.2 cm³/mol. The van der Waals surface area contributed by atoms with Crippen LogP contribution in [0.2, 0.25) is 5.02 Å². The molecule has 0 radical (unpaired) electrons. The summed E-state index contributed by atoms with van der Waals surface area (Å²) < 4.78 is 39.5. The highest BCUT2D eigenvalue weighted by Crippen LogP contribution is 2.28. The second-order valence-electron chi connectivity index (χ2n) is 6.73. The van der Waals surface area contributed by atoms with Crippen molar-refractivity contribution in [3.8, 4) is 11.1 Å². The Morgan fingerprint density at radius 1 is 1.00 bits per heavy atom. The second-order valence-corrected chi connectivity index (χ2v) is 7.14. The lowest BCUT2D eigenvalue weighted by atomic mass is 10.0. The lowest BCUT2D eigenvalue weighted by molar-refractivity contribution is -0.203. The van der Waals surface area contributed by atoms with E-state index in [-0.39, 0.29) is 17.1 Å². The first-order valence-corrected chi connectivity index (χ1v) is 9.41. The first kappa shape index (κ1) is 19.3. The van der Waals surface area contributed by atoms with Crippen LogP contribution in [0.4, 0.5) is 8.78 Å². The van der Waals surface area contributed by atoms with Crippen molar-refractivity contribution in [1.29, 1.82) is 0 Å². The van der Waals surface area contributed by atoms with Crippen molar-refractivity contribution in [1.82, 2.24) is 0 Å². The molecule has 2 nitrogen and oxygen atoms in total. The molecule has 5 heteroatoms. The fourth-order valence-electron chi connectivity index (χ4n) is 3.22. The predicted octanol–water partition coefficient (Wildman–Crippen LogP) is 6.01. The Labute approximate surface area is 158 Å². The molecule has 0 N–H and O–H groups in total. The highest BCUT2D eigenvalue weighted by atomic mass is 35.5. The van der Waals surface area contributed by atoms with Gasteiger partial charge in [-0.1, -0.05) is 43.1 Å². The Hall–Kier alpha value is -1.49. The Bertz CT molecular complexity index is 743. The van der Waals surface area contributed by atoms with Gasteiger partial charge in [0.1, 0.15) is 11.6 Å². The summed E-state index contributed by atoms with van der Waals surface area (Å²) in [7, 11) is 0. The zero-order chi connectivity index (χ0) is 18.5. The van der Waals surface area contributed by atoms with Crippen molar-refractivity contribution in [3.63, 3.8) is 0 Å². The van der Waals surface area contributed by atoms with E-state index in [4.69, 9.17) is 21.1 Å². The first-order valence-electron chi connectivity index (χ1n) is 9.04. The van der Waals surface area contributed by atoms with Gasteiger partial charge in [-0.2, -0.15) is 0 Å². The van der Waals surface area contributed by atoms with Gasteiger partial charge in [-0.3, -0.25) is 0 Å². The molecule has 3 rings (SSSR count). The number of benzene rings is 2. The highest BCUT2D eigenvalue weighted by molar-refractivity contribution is 6.30. The largest absolute Gasteiger partial charge is 0.352 e. The Morgan fingerprint density at radius 2 is 1.77 bits per heavy atom. The molecular weight excluding hydrogens is 358 g/mol. The quantitative estimate of drug-likeness (QED) is 0.611. The summed E-state index contributed by atoms with van der Waals surface area (Å²) >= 11 is 5.68. The van der Waals surface area contributed by atoms with Crippen LogP contribution in [-0.4, -0.2) is 19.5 Å². The molecule has 0 atom stereocenters. The van der Waals surface area contributed by atoms with Gasteiger partial charge in [0.15, 0.2) is 6.29 Å². The lowest BCUT2D eigenvalue weighted by Crippen LogP contribution is -2.32. The monoisotopic (exact) mass is 380 g/mol. The van der Waals surface area contributed by atoms with Crippen LogP contribution in [-0.2, 0) is 15.9 Å². The molecule has 1 aliphatic heterocycles. The normalized spacial score (nSPS) is 20.3. The molecule has 0 spiro atoms. The van der Waals surface area contributed by atoms with E-state index in [9.17, 15) is 8.78 Å². The number of aryl methyl sites for hydroxylation is 1. The third-order valence-corrected chi connectivity index (χ3v) is 4.97. The minimum atomic E-state index is -0.555. The van der Waals surface area contributed by atoms with Crippen LogP contribution in [0, 0.1) is 17.6 Å². The van der Waals surface area contributed by atoms with Gasteiger partial charge in [0.05, 0.1) is 18.2 Å². The lowest BCUT2D eigenvalue weighted by Gasteiger charge is -2.29. The molecule has 2 aromatic rings. The molecular formula is C21H23ClF2O2. The molecule has 0 aliphatic carbocycles. The van der Waals surface area contributed by atoms with Gasteiger partial charge >= 0.3 is 0 Å². The fourth-order valence-corrected chi connectivity index (χ4v) is 3.34. The SMILES string of the molecule is CCCC1COC(CCc2ccc(-c3ccc(Cl)c(F)c3)c(F)c2)OC1. The molecule has 1 heterocycles. The van der Waals surface area contributed by atoms with Gasteiger partial charge in [-0.25, -0.2) is 8.78 Å². The molecule has 26 heavy (non-hydrogen) atoms. The van der Waals surface area contributed by atoms with Gasteiger partial charge in [-0.05, 0) is 42.2 Å². The van der Waals surface area contributed by atoms with Crippen molar-refractivity contribution >= 4 is 11.6 Å². The summed E-state index contributed by atoms with van der Waals surface area (Å²) in [6.45, 7) is 3.62. The summed E-state index contributed by atoms with van der Waals surface area (Å²) in [5, 5.41) is 0.0273. The maximum atomic E-state index is 14.5. The highest BCUT2D eigenvalue weighted by Gasteiger charge is 2.21. The molecule has 1 fully saturated rings. The van der Waals surface area contributed by atoms with E-state index in [1.807, 2.05) is 6.07 Å². The molecule has 1 saturated heterocycles. The number of hydrogen-bond donors (Lipinski definition) is 0. The topological polar surface area (TPSA) is 18.5 Å². The molecule has 0 aromatic heterocycles. The maximum Gasteiger partial charge on any atom is 0.157 e. The van der Waals surface area contributed by atoms with Gasteiger partial charge in [0, 0.05) is 17.9 Å². The van der Waals surface area contributed by atoms with E-state index in [1.54, 1.807) is 12.1 Å². The zero-order valence-corrected chi connectivity index (χ0v) is 15.6. The van der Waals surface area contributed by atoms with Gasteiger partial charge < -0.3 is 9.47 Å². The minimum absolute atomic E-state index is 0.0273. The molecule has 0 saturated carbocycles. The third kappa shape index (κ3) is 4.81. The van der Waals surface area contributed by atoms with Crippen molar-refractivity contribution in [2.45, 2.75) is 38.9 Å². The van der Waals surface area contributed by atoms with E-state index in [0.717, 1.165) is 31.6 Å². The number of rotatable bonds is 6. The van der Waals surface area contributed by atoms with E-state index in [1.165, 1.54) is 18.2 Å². The van der Waals surface area contributed by atoms with Crippen molar-refractivity contribution in [2.24, 2.45) is 5.92 Å². The van der Waals surface area contributed by atoms with E-state index in [0.29, 0.717) is 29.9 Å². The van der Waals surface area contributed by atoms with Gasteiger partial charge in [-0.15, -0.1) is 0 Å². The van der Waals surface area contributed by atoms with Crippen LogP contribution in [0.3, 0.4) is 0 Å². The summed E-state index contributed by atoms with van der Waals surface area (Å²) in [6, 6.07) is 9.31. The van der Waals surface area contributed by atoms with Crippen LogP contribution in [0.25, 0.3) is 11.1 Å².